The van der Waals surface area contributed by atoms with Crippen molar-refractivity contribution in [3.05, 3.63) is 44.5 Å². The van der Waals surface area contributed by atoms with Crippen LogP contribution in [0.1, 0.15) is 159 Å². The first kappa shape index (κ1) is 40.5. The van der Waals surface area contributed by atoms with Crippen molar-refractivity contribution in [2.45, 2.75) is 163 Å². The van der Waals surface area contributed by atoms with E-state index in [1.807, 2.05) is 6.07 Å². The molecule has 0 N–H and O–H groups in total. The topological polar surface area (TPSA) is 81.7 Å². The highest BCUT2D eigenvalue weighted by molar-refractivity contribution is 7.19. The first-order valence-corrected chi connectivity index (χ1v) is 21.5. The van der Waals surface area contributed by atoms with Gasteiger partial charge < -0.3 is 0 Å². The number of rotatable bonds is 23. The molecule has 2 aromatic heterocycles. The Labute approximate surface area is 314 Å². The summed E-state index contributed by atoms with van der Waals surface area (Å²) < 4.78 is 1.91. The maximum atomic E-state index is 13.8. The van der Waals surface area contributed by atoms with Gasteiger partial charge in [0.05, 0.1) is 0 Å². The van der Waals surface area contributed by atoms with Crippen LogP contribution in [-0.4, -0.2) is 11.6 Å². The lowest BCUT2D eigenvalue weighted by atomic mass is 9.95. The van der Waals surface area contributed by atoms with Crippen LogP contribution in [0.2, 0.25) is 0 Å². The minimum atomic E-state index is -0.230. The number of carbonyl (C=O) groups is 2. The number of thiophene rings is 2. The van der Waals surface area contributed by atoms with Crippen molar-refractivity contribution in [3.63, 3.8) is 0 Å². The van der Waals surface area contributed by atoms with E-state index in [1.54, 1.807) is 22.7 Å². The second kappa shape index (κ2) is 21.3. The second-order valence-corrected chi connectivity index (χ2v) is 16.6. The predicted molar refractivity (Wildman–Crippen MR) is 220 cm³/mol. The smallest absolute Gasteiger partial charge is 0.174 e. The molecule has 0 amide bonds. The average Bonchev–Trinajstić information content (AvgIpc) is 3.75. The van der Waals surface area contributed by atoms with E-state index in [0.717, 1.165) is 81.1 Å². The third kappa shape index (κ3) is 10.8. The number of Topliss-reactive ketones (excluding diaryl/α,β-unsaturated/α-hetero) is 2. The largest absolute Gasteiger partial charge is 0.294 e. The average molecular weight is 723 g/mol. The molecule has 0 aliphatic heterocycles. The molecule has 6 heteroatoms. The molecule has 0 atom stereocenters. The number of nitrogens with zero attached hydrogens (tertiary/aromatic N) is 2. The normalized spacial score (nSPS) is 12.7. The minimum Gasteiger partial charge on any atom is -0.294 e. The summed E-state index contributed by atoms with van der Waals surface area (Å²) in [6.45, 7) is 8.16. The van der Waals surface area contributed by atoms with Crippen molar-refractivity contribution in [1.82, 2.24) is 0 Å². The standard InChI is InChI=1S/C45H58N2O2S2/c1-5-8-11-14-17-20-23-33-26-37-36-29-40(42(31-47)43(49)25-22-19-16-13-10-7-3)45-38(27-34(51-45)24-21-18-15-12-9-6-2)35(36)28-39(44(37)50-33)41(30-46)32(4)48/h26-29H,5-25H2,1-4H3/b41-39+,42-40+. The summed E-state index contributed by atoms with van der Waals surface area (Å²) in [5.74, 6) is -0.301. The van der Waals surface area contributed by atoms with Gasteiger partial charge >= 0.3 is 0 Å². The lowest BCUT2D eigenvalue weighted by molar-refractivity contribution is -0.114. The molecule has 2 heterocycles. The summed E-state index contributed by atoms with van der Waals surface area (Å²) in [7, 11) is 0. The SMILES string of the molecule is CCCCCCCCC(=O)/C(C#N)=c1\cc2c3cc(CCCCCCCC)sc3/c(=C(\C#N)C(C)=O)cc2c2cc(CCCCCCCC)sc12. The molecule has 0 aliphatic carbocycles. The second-order valence-electron chi connectivity index (χ2n) is 14.4. The van der Waals surface area contributed by atoms with Crippen molar-refractivity contribution in [1.29, 1.82) is 10.5 Å². The molecule has 4 rings (SSSR count). The summed E-state index contributed by atoms with van der Waals surface area (Å²) in [5.41, 5.74) is 0.448. The van der Waals surface area contributed by atoms with Gasteiger partial charge in [-0.25, -0.2) is 0 Å². The summed E-state index contributed by atoms with van der Waals surface area (Å²) in [5, 5.41) is 26.2. The quantitative estimate of drug-likeness (QED) is 0.0714. The van der Waals surface area contributed by atoms with E-state index in [4.69, 9.17) is 0 Å². The number of carbonyl (C=O) groups excluding carboxylic acids is 2. The van der Waals surface area contributed by atoms with Crippen LogP contribution in [0.4, 0.5) is 0 Å². The van der Waals surface area contributed by atoms with Gasteiger partial charge in [0.1, 0.15) is 23.3 Å². The van der Waals surface area contributed by atoms with Crippen molar-refractivity contribution in [3.8, 4) is 12.1 Å². The number of aryl methyl sites for hydroxylation is 2. The molecule has 0 aliphatic rings. The van der Waals surface area contributed by atoms with E-state index in [-0.39, 0.29) is 22.7 Å². The zero-order chi connectivity index (χ0) is 36.6. The van der Waals surface area contributed by atoms with Gasteiger partial charge in [-0.15, -0.1) is 22.7 Å². The molecule has 0 fully saturated rings. The molecule has 0 spiro atoms. The van der Waals surface area contributed by atoms with Crippen molar-refractivity contribution < 1.29 is 9.59 Å². The van der Waals surface area contributed by atoms with Gasteiger partial charge in [-0.1, -0.05) is 117 Å². The lowest BCUT2D eigenvalue weighted by Crippen LogP contribution is -2.15. The summed E-state index contributed by atoms with van der Waals surface area (Å²) >= 11 is 3.38. The maximum Gasteiger partial charge on any atom is 0.174 e. The Morgan fingerprint density at radius 3 is 1.33 bits per heavy atom. The van der Waals surface area contributed by atoms with Crippen molar-refractivity contribution >= 4 is 76.3 Å². The molecule has 0 unspecified atom stereocenters. The van der Waals surface area contributed by atoms with Crippen LogP contribution in [0.25, 0.3) is 42.1 Å². The van der Waals surface area contributed by atoms with Gasteiger partial charge in [0.25, 0.3) is 0 Å². The van der Waals surface area contributed by atoms with Crippen LogP contribution in [0, 0.1) is 22.7 Å². The first-order chi connectivity index (χ1) is 24.9. The molecule has 0 saturated heterocycles. The molecule has 51 heavy (non-hydrogen) atoms. The number of benzene rings is 2. The zero-order valence-electron chi connectivity index (χ0n) is 31.7. The van der Waals surface area contributed by atoms with Gasteiger partial charge in [-0.3, -0.25) is 9.59 Å². The number of hydrogen-bond donors (Lipinski definition) is 0. The van der Waals surface area contributed by atoms with E-state index in [9.17, 15) is 20.1 Å². The van der Waals surface area contributed by atoms with E-state index >= 15 is 0 Å². The number of fused-ring (bicyclic) bond motifs is 5. The zero-order valence-corrected chi connectivity index (χ0v) is 33.3. The van der Waals surface area contributed by atoms with Crippen LogP contribution in [0.5, 0.6) is 0 Å². The van der Waals surface area contributed by atoms with E-state index < -0.39 is 0 Å². The van der Waals surface area contributed by atoms with Crippen molar-refractivity contribution in [2.24, 2.45) is 0 Å². The van der Waals surface area contributed by atoms with E-state index in [0.29, 0.717) is 11.6 Å². The monoisotopic (exact) mass is 722 g/mol. The molecular formula is C45H58N2O2S2. The third-order valence-electron chi connectivity index (χ3n) is 10.2. The van der Waals surface area contributed by atoms with Crippen LogP contribution in [-0.2, 0) is 22.4 Å². The van der Waals surface area contributed by atoms with Crippen LogP contribution >= 0.6 is 22.7 Å². The summed E-state index contributed by atoms with van der Waals surface area (Å²) in [4.78, 5) is 29.1. The molecule has 0 saturated carbocycles. The minimum absolute atomic E-state index is 0.0712. The summed E-state index contributed by atoms with van der Waals surface area (Å²) in [6.07, 6.45) is 23.5. The van der Waals surface area contributed by atoms with Gasteiger partial charge in [0.2, 0.25) is 0 Å². The fourth-order valence-electron chi connectivity index (χ4n) is 7.27. The summed E-state index contributed by atoms with van der Waals surface area (Å²) in [6, 6.07) is 13.2. The van der Waals surface area contributed by atoms with E-state index in [1.165, 1.54) is 100 Å². The first-order valence-electron chi connectivity index (χ1n) is 19.9. The molecule has 2 aromatic carbocycles. The predicted octanol–water partition coefficient (Wildman–Crippen LogP) is 12.3. The molecule has 4 nitrogen and oxygen atoms in total. The number of unbranched alkanes of at least 4 members (excludes halogenated alkanes) is 15. The number of nitriles is 2. The maximum absolute atomic E-state index is 13.8. The molecule has 0 bridgehead atoms. The number of ketones is 2. The highest BCUT2D eigenvalue weighted by Crippen LogP contribution is 2.36. The fraction of sp³-hybridized carbons (Fsp3) is 0.556. The molecule has 4 aromatic rings. The van der Waals surface area contributed by atoms with Crippen molar-refractivity contribution in [2.75, 3.05) is 0 Å². The Morgan fingerprint density at radius 2 is 0.922 bits per heavy atom. The third-order valence-corrected chi connectivity index (χ3v) is 12.7. The Balaban J connectivity index is 1.90. The number of hydrogen-bond acceptors (Lipinski definition) is 6. The lowest BCUT2D eigenvalue weighted by Gasteiger charge is -2.07. The van der Waals surface area contributed by atoms with Crippen LogP contribution < -0.4 is 10.4 Å². The van der Waals surface area contributed by atoms with Gasteiger partial charge in [-0.05, 0) is 74.1 Å². The van der Waals surface area contributed by atoms with Gasteiger partial charge in [0.15, 0.2) is 11.6 Å². The van der Waals surface area contributed by atoms with Gasteiger partial charge in [0, 0.05) is 46.8 Å². The Hall–Kier alpha value is -3.32. The van der Waals surface area contributed by atoms with Crippen LogP contribution in [0.15, 0.2) is 24.3 Å². The van der Waals surface area contributed by atoms with Crippen LogP contribution in [0.3, 0.4) is 0 Å². The molecule has 272 valence electrons. The Bertz CT molecular complexity index is 2000. The molecule has 0 radical (unpaired) electrons. The Kier molecular flexibility index (Phi) is 16.9. The highest BCUT2D eigenvalue weighted by atomic mass is 32.1. The van der Waals surface area contributed by atoms with E-state index in [2.05, 4.69) is 51.1 Å². The van der Waals surface area contributed by atoms with Gasteiger partial charge in [-0.2, -0.15) is 10.5 Å². The highest BCUT2D eigenvalue weighted by Gasteiger charge is 2.19. The fourth-order valence-corrected chi connectivity index (χ4v) is 9.74. The Morgan fingerprint density at radius 1 is 0.529 bits per heavy atom. The molecular weight excluding hydrogens is 665 g/mol.